The summed E-state index contributed by atoms with van der Waals surface area (Å²) < 4.78 is 24.8. The molecule has 5 heteroatoms. The Morgan fingerprint density at radius 2 is 2.16 bits per heavy atom. The molecule has 2 N–H and O–H groups in total. The topological polar surface area (TPSA) is 66.9 Å². The Morgan fingerprint density at radius 1 is 1.53 bits per heavy atom. The van der Waals surface area contributed by atoms with E-state index in [-0.39, 0.29) is 18.2 Å². The molecule has 0 aliphatic heterocycles. The number of benzene rings is 1. The SMILES string of the molecule is C[C@@H](CC(C)(C)S(N)=O)c1ccc(CC#N)cc1F. The van der Waals surface area contributed by atoms with Gasteiger partial charge in [-0.15, -0.1) is 0 Å². The first kappa shape index (κ1) is 15.8. The highest BCUT2D eigenvalue weighted by Gasteiger charge is 2.27. The summed E-state index contributed by atoms with van der Waals surface area (Å²) in [4.78, 5) is 0. The van der Waals surface area contributed by atoms with Crippen molar-refractivity contribution in [2.75, 3.05) is 0 Å². The minimum atomic E-state index is -1.45. The van der Waals surface area contributed by atoms with Gasteiger partial charge in [-0.05, 0) is 43.4 Å². The van der Waals surface area contributed by atoms with E-state index in [1.807, 2.05) is 26.8 Å². The predicted octanol–water partition coefficient (Wildman–Crippen LogP) is 2.79. The third-order valence-electron chi connectivity index (χ3n) is 3.22. The van der Waals surface area contributed by atoms with Gasteiger partial charge in [0.25, 0.3) is 0 Å². The fourth-order valence-electron chi connectivity index (χ4n) is 2.10. The number of nitriles is 1. The van der Waals surface area contributed by atoms with Gasteiger partial charge < -0.3 is 0 Å². The van der Waals surface area contributed by atoms with Crippen LogP contribution in [0.15, 0.2) is 18.2 Å². The van der Waals surface area contributed by atoms with Gasteiger partial charge in [0.05, 0.1) is 28.2 Å². The zero-order chi connectivity index (χ0) is 14.6. The van der Waals surface area contributed by atoms with Crippen LogP contribution >= 0.6 is 0 Å². The number of nitrogens with zero attached hydrogens (tertiary/aromatic N) is 1. The third-order valence-corrected chi connectivity index (χ3v) is 4.48. The first-order chi connectivity index (χ1) is 8.77. The predicted molar refractivity (Wildman–Crippen MR) is 75.2 cm³/mol. The van der Waals surface area contributed by atoms with Crippen LogP contribution in [0.25, 0.3) is 0 Å². The average Bonchev–Trinajstić information content (AvgIpc) is 2.28. The number of halogens is 1. The van der Waals surface area contributed by atoms with Crippen LogP contribution in [0, 0.1) is 17.1 Å². The van der Waals surface area contributed by atoms with Crippen LogP contribution in [0.3, 0.4) is 0 Å². The van der Waals surface area contributed by atoms with Gasteiger partial charge in [0, 0.05) is 0 Å². The van der Waals surface area contributed by atoms with E-state index in [4.69, 9.17) is 10.4 Å². The Hall–Kier alpha value is -1.25. The molecule has 0 radical (unpaired) electrons. The molecule has 1 unspecified atom stereocenters. The van der Waals surface area contributed by atoms with E-state index >= 15 is 0 Å². The van der Waals surface area contributed by atoms with Crippen LogP contribution in [0.1, 0.15) is 44.2 Å². The van der Waals surface area contributed by atoms with Crippen molar-refractivity contribution in [2.24, 2.45) is 5.14 Å². The minimum Gasteiger partial charge on any atom is -0.251 e. The molecule has 3 nitrogen and oxygen atoms in total. The smallest absolute Gasteiger partial charge is 0.126 e. The minimum absolute atomic E-state index is 0.0846. The molecule has 0 saturated carbocycles. The molecular weight excluding hydrogens is 263 g/mol. The van der Waals surface area contributed by atoms with Gasteiger partial charge in [-0.1, -0.05) is 19.1 Å². The van der Waals surface area contributed by atoms with Gasteiger partial charge in [-0.2, -0.15) is 5.26 Å². The van der Waals surface area contributed by atoms with Crippen molar-refractivity contribution in [2.45, 2.75) is 44.3 Å². The van der Waals surface area contributed by atoms with Crippen LogP contribution < -0.4 is 5.14 Å². The highest BCUT2D eigenvalue weighted by atomic mass is 32.2. The monoisotopic (exact) mass is 282 g/mol. The first-order valence-corrected chi connectivity index (χ1v) is 7.31. The van der Waals surface area contributed by atoms with Crippen LogP contribution in [-0.4, -0.2) is 8.96 Å². The molecule has 0 spiro atoms. The van der Waals surface area contributed by atoms with Crippen LogP contribution in [0.2, 0.25) is 0 Å². The van der Waals surface area contributed by atoms with E-state index in [2.05, 4.69) is 0 Å². The van der Waals surface area contributed by atoms with Gasteiger partial charge in [-0.25, -0.2) is 8.60 Å². The second-order valence-electron chi connectivity index (χ2n) is 5.35. The van der Waals surface area contributed by atoms with Gasteiger partial charge >= 0.3 is 0 Å². The summed E-state index contributed by atoms with van der Waals surface area (Å²) in [5, 5.41) is 14.0. The quantitative estimate of drug-likeness (QED) is 0.902. The van der Waals surface area contributed by atoms with Crippen molar-refractivity contribution in [3.8, 4) is 6.07 Å². The summed E-state index contributed by atoms with van der Waals surface area (Å²) in [6, 6.07) is 6.83. The van der Waals surface area contributed by atoms with Gasteiger partial charge in [0.15, 0.2) is 0 Å². The molecule has 0 heterocycles. The summed E-state index contributed by atoms with van der Waals surface area (Å²) >= 11 is 0. The number of nitrogens with two attached hydrogens (primary N) is 1. The van der Waals surface area contributed by atoms with Crippen LogP contribution in [0.4, 0.5) is 4.39 Å². The molecule has 0 aromatic heterocycles. The Balaban J connectivity index is 2.92. The molecule has 0 bridgehead atoms. The molecule has 1 aromatic rings. The zero-order valence-corrected chi connectivity index (χ0v) is 12.3. The molecular formula is C14H19FN2OS. The highest BCUT2D eigenvalue weighted by molar-refractivity contribution is 7.84. The second-order valence-corrected chi connectivity index (χ2v) is 7.05. The van der Waals surface area contributed by atoms with Crippen molar-refractivity contribution in [1.82, 2.24) is 0 Å². The van der Waals surface area contributed by atoms with E-state index in [1.165, 1.54) is 6.07 Å². The summed E-state index contributed by atoms with van der Waals surface area (Å²) in [5.41, 5.74) is 1.23. The van der Waals surface area contributed by atoms with Crippen molar-refractivity contribution in [3.63, 3.8) is 0 Å². The van der Waals surface area contributed by atoms with E-state index < -0.39 is 15.7 Å². The van der Waals surface area contributed by atoms with E-state index in [9.17, 15) is 8.60 Å². The average molecular weight is 282 g/mol. The van der Waals surface area contributed by atoms with Crippen molar-refractivity contribution in [1.29, 1.82) is 5.26 Å². The van der Waals surface area contributed by atoms with Crippen LogP contribution in [-0.2, 0) is 17.4 Å². The van der Waals surface area contributed by atoms with Crippen molar-refractivity contribution in [3.05, 3.63) is 35.1 Å². The van der Waals surface area contributed by atoms with E-state index in [0.29, 0.717) is 17.5 Å². The van der Waals surface area contributed by atoms with E-state index in [1.54, 1.807) is 12.1 Å². The Kier molecular flexibility index (Phi) is 5.21. The second kappa shape index (κ2) is 6.27. The molecule has 0 aliphatic carbocycles. The largest absolute Gasteiger partial charge is 0.251 e. The third kappa shape index (κ3) is 4.12. The molecule has 0 fully saturated rings. The fraction of sp³-hybridized carbons (Fsp3) is 0.500. The standard InChI is InChI=1S/C14H19FN2OS/c1-10(9-14(2,3)19(17)18)12-5-4-11(6-7-16)8-13(12)15/h4-5,8,10H,6,9,17H2,1-3H3/t10-,19?/m0/s1. The number of rotatable bonds is 5. The fourth-order valence-corrected chi connectivity index (χ4v) is 2.52. The van der Waals surface area contributed by atoms with E-state index in [0.717, 1.165) is 0 Å². The van der Waals surface area contributed by atoms with Crippen molar-refractivity contribution < 1.29 is 8.60 Å². The lowest BCUT2D eigenvalue weighted by atomic mass is 9.90. The van der Waals surface area contributed by atoms with Gasteiger partial charge in [0.2, 0.25) is 0 Å². The number of hydrogen-bond donors (Lipinski definition) is 1. The Morgan fingerprint density at radius 3 is 2.63 bits per heavy atom. The molecule has 0 aliphatic rings. The lowest BCUT2D eigenvalue weighted by Crippen LogP contribution is -2.33. The normalized spacial score (nSPS) is 14.7. The maximum Gasteiger partial charge on any atom is 0.126 e. The lowest BCUT2D eigenvalue weighted by Gasteiger charge is -2.25. The molecule has 104 valence electrons. The maximum absolute atomic E-state index is 14.0. The van der Waals surface area contributed by atoms with Crippen molar-refractivity contribution >= 4 is 11.0 Å². The molecule has 0 amide bonds. The van der Waals surface area contributed by atoms with Crippen LogP contribution in [0.5, 0.6) is 0 Å². The maximum atomic E-state index is 14.0. The summed E-state index contributed by atoms with van der Waals surface area (Å²) in [5.74, 6) is -0.405. The summed E-state index contributed by atoms with van der Waals surface area (Å²) in [7, 11) is -1.45. The molecule has 0 saturated heterocycles. The first-order valence-electron chi connectivity index (χ1n) is 6.09. The van der Waals surface area contributed by atoms with Gasteiger partial charge in [0.1, 0.15) is 5.82 Å². The Labute approximate surface area is 116 Å². The highest BCUT2D eigenvalue weighted by Crippen LogP contribution is 2.30. The molecule has 2 atom stereocenters. The summed E-state index contributed by atoms with van der Waals surface area (Å²) in [6.45, 7) is 5.50. The Bertz CT molecular complexity index is 523. The lowest BCUT2D eigenvalue weighted by molar-refractivity contribution is 0.516. The summed E-state index contributed by atoms with van der Waals surface area (Å²) in [6.07, 6.45) is 0.731. The molecule has 19 heavy (non-hydrogen) atoms. The van der Waals surface area contributed by atoms with Gasteiger partial charge in [-0.3, -0.25) is 5.14 Å². The molecule has 1 rings (SSSR count). The number of hydrogen-bond acceptors (Lipinski definition) is 2. The molecule has 1 aromatic carbocycles. The zero-order valence-electron chi connectivity index (χ0n) is 11.4.